The molecule has 0 spiro atoms. The monoisotopic (exact) mass is 492 g/mol. The maximum atomic E-state index is 15.1. The van der Waals surface area contributed by atoms with Crippen LogP contribution in [0.5, 0.6) is 0 Å². The molecule has 2 aromatic heterocycles. The Bertz CT molecular complexity index is 1440. The molecule has 0 radical (unpaired) electrons. The zero-order valence-corrected chi connectivity index (χ0v) is 20.4. The maximum absolute atomic E-state index is 15.1. The van der Waals surface area contributed by atoms with Gasteiger partial charge in [0, 0.05) is 36.3 Å². The zero-order valence-electron chi connectivity index (χ0n) is 19.7. The van der Waals surface area contributed by atoms with Gasteiger partial charge in [0.05, 0.1) is 23.2 Å². The summed E-state index contributed by atoms with van der Waals surface area (Å²) in [4.78, 5) is 25.2. The van der Waals surface area contributed by atoms with Crippen molar-refractivity contribution in [2.24, 2.45) is 0 Å². The normalized spacial score (nSPS) is 16.1. The van der Waals surface area contributed by atoms with Gasteiger partial charge in [0.1, 0.15) is 23.6 Å². The second-order valence-electron chi connectivity index (χ2n) is 8.68. The van der Waals surface area contributed by atoms with E-state index >= 15 is 4.39 Å². The van der Waals surface area contributed by atoms with E-state index < -0.39 is 5.82 Å². The van der Waals surface area contributed by atoms with Crippen LogP contribution in [0.2, 0.25) is 5.02 Å². The van der Waals surface area contributed by atoms with Crippen LogP contribution >= 0.6 is 11.6 Å². The smallest absolute Gasteiger partial charge is 0.263 e. The summed E-state index contributed by atoms with van der Waals surface area (Å²) in [6.45, 7) is 6.07. The van der Waals surface area contributed by atoms with Crippen molar-refractivity contribution in [1.82, 2.24) is 14.5 Å². The number of rotatable bonds is 5. The fraction of sp³-hybridized carbons (Fsp3) is 0.296. The van der Waals surface area contributed by atoms with E-state index in [1.54, 1.807) is 16.7 Å². The van der Waals surface area contributed by atoms with E-state index in [0.29, 0.717) is 48.8 Å². The van der Waals surface area contributed by atoms with Gasteiger partial charge in [0.15, 0.2) is 0 Å². The lowest BCUT2D eigenvalue weighted by atomic mass is 10.1. The third-order valence-electron chi connectivity index (χ3n) is 6.31. The minimum Gasteiger partial charge on any atom is -0.370 e. The Morgan fingerprint density at radius 1 is 1.14 bits per heavy atom. The number of hydrogen-bond donors (Lipinski definition) is 0. The number of aryl methyl sites for hydroxylation is 1. The molecular formula is C27H26ClFN4O2. The fourth-order valence-corrected chi connectivity index (χ4v) is 4.74. The Hall–Kier alpha value is -3.29. The van der Waals surface area contributed by atoms with Crippen molar-refractivity contribution in [3.05, 3.63) is 87.2 Å². The number of morpholine rings is 1. The number of halogens is 2. The van der Waals surface area contributed by atoms with Crippen molar-refractivity contribution >= 4 is 28.3 Å². The van der Waals surface area contributed by atoms with Crippen LogP contribution in [0.4, 0.5) is 10.2 Å². The summed E-state index contributed by atoms with van der Waals surface area (Å²) >= 11 is 6.01. The van der Waals surface area contributed by atoms with Gasteiger partial charge in [0.2, 0.25) is 0 Å². The molecule has 180 valence electrons. The standard InChI is InChI=1S/C27H26ClFN4O2/c1-3-11-33-17(2)30-22-15-24(32-12-13-35-23(16-32)18-7-5-4-6-8-18)31-26(25(22)27(33)34)20-10-9-19(28)14-21(20)29/h4-10,14-15,23H,3,11-13,16H2,1-2H3/t23-/m1/s1. The Morgan fingerprint density at radius 2 is 1.94 bits per heavy atom. The second-order valence-corrected chi connectivity index (χ2v) is 9.12. The molecule has 1 aliphatic rings. The average molecular weight is 493 g/mol. The summed E-state index contributed by atoms with van der Waals surface area (Å²) in [7, 11) is 0. The molecule has 5 rings (SSSR count). The summed E-state index contributed by atoms with van der Waals surface area (Å²) < 4.78 is 22.7. The van der Waals surface area contributed by atoms with Gasteiger partial charge in [-0.3, -0.25) is 9.36 Å². The average Bonchev–Trinajstić information content (AvgIpc) is 2.86. The number of nitrogens with zero attached hydrogens (tertiary/aromatic N) is 4. The van der Waals surface area contributed by atoms with Gasteiger partial charge in [-0.15, -0.1) is 0 Å². The van der Waals surface area contributed by atoms with Crippen LogP contribution in [0.25, 0.3) is 22.2 Å². The van der Waals surface area contributed by atoms with Crippen molar-refractivity contribution in [3.63, 3.8) is 0 Å². The number of hydrogen-bond acceptors (Lipinski definition) is 5. The molecule has 0 aliphatic carbocycles. The van der Waals surface area contributed by atoms with Gasteiger partial charge in [-0.05, 0) is 37.1 Å². The molecule has 3 heterocycles. The lowest BCUT2D eigenvalue weighted by Crippen LogP contribution is -2.39. The highest BCUT2D eigenvalue weighted by atomic mass is 35.5. The summed E-state index contributed by atoms with van der Waals surface area (Å²) in [5, 5.41) is 0.588. The first-order valence-electron chi connectivity index (χ1n) is 11.8. The summed E-state index contributed by atoms with van der Waals surface area (Å²) in [5.41, 5.74) is 1.86. The van der Waals surface area contributed by atoms with Crippen LogP contribution in [0.1, 0.15) is 30.8 Å². The molecule has 2 aromatic carbocycles. The van der Waals surface area contributed by atoms with E-state index in [2.05, 4.69) is 4.90 Å². The van der Waals surface area contributed by atoms with E-state index in [1.165, 1.54) is 6.07 Å². The van der Waals surface area contributed by atoms with Crippen LogP contribution in [-0.2, 0) is 11.3 Å². The van der Waals surface area contributed by atoms with Gasteiger partial charge in [-0.25, -0.2) is 14.4 Å². The highest BCUT2D eigenvalue weighted by molar-refractivity contribution is 6.30. The number of pyridine rings is 1. The van der Waals surface area contributed by atoms with Crippen molar-refractivity contribution in [1.29, 1.82) is 0 Å². The molecule has 1 aliphatic heterocycles. The Morgan fingerprint density at radius 3 is 2.69 bits per heavy atom. The fourth-order valence-electron chi connectivity index (χ4n) is 4.59. The predicted molar refractivity (Wildman–Crippen MR) is 137 cm³/mol. The lowest BCUT2D eigenvalue weighted by molar-refractivity contribution is 0.0395. The second kappa shape index (κ2) is 9.76. The first-order chi connectivity index (χ1) is 17.0. The number of aromatic nitrogens is 3. The molecule has 4 aromatic rings. The third-order valence-corrected chi connectivity index (χ3v) is 6.55. The van der Waals surface area contributed by atoms with Crippen LogP contribution in [-0.4, -0.2) is 34.2 Å². The van der Waals surface area contributed by atoms with Gasteiger partial charge in [0.25, 0.3) is 5.56 Å². The molecule has 8 heteroatoms. The minimum absolute atomic E-state index is 0.120. The Kier molecular flexibility index (Phi) is 6.54. The molecular weight excluding hydrogens is 467 g/mol. The molecule has 0 N–H and O–H groups in total. The quantitative estimate of drug-likeness (QED) is 0.365. The molecule has 0 amide bonds. The number of anilines is 1. The summed E-state index contributed by atoms with van der Waals surface area (Å²) in [6.07, 6.45) is 0.657. The third kappa shape index (κ3) is 4.54. The highest BCUT2D eigenvalue weighted by Crippen LogP contribution is 2.33. The van der Waals surface area contributed by atoms with Crippen molar-refractivity contribution < 1.29 is 9.13 Å². The molecule has 0 bridgehead atoms. The number of benzene rings is 2. The largest absolute Gasteiger partial charge is 0.370 e. The van der Waals surface area contributed by atoms with E-state index in [-0.39, 0.29) is 27.9 Å². The maximum Gasteiger partial charge on any atom is 0.263 e. The predicted octanol–water partition coefficient (Wildman–Crippen LogP) is 5.55. The molecule has 1 saturated heterocycles. The molecule has 0 saturated carbocycles. The van der Waals surface area contributed by atoms with Crippen LogP contribution in [0, 0.1) is 12.7 Å². The van der Waals surface area contributed by atoms with E-state index in [1.807, 2.05) is 50.2 Å². The molecule has 0 unspecified atom stereocenters. The summed E-state index contributed by atoms with van der Waals surface area (Å²) in [6, 6.07) is 16.3. The van der Waals surface area contributed by atoms with Gasteiger partial charge >= 0.3 is 0 Å². The highest BCUT2D eigenvalue weighted by Gasteiger charge is 2.26. The van der Waals surface area contributed by atoms with Gasteiger partial charge in [-0.2, -0.15) is 0 Å². The zero-order chi connectivity index (χ0) is 24.5. The SMILES string of the molecule is CCCn1c(C)nc2cc(N3CCO[C@@H](c4ccccc4)C3)nc(-c3ccc(Cl)cc3F)c2c1=O. The Balaban J connectivity index is 1.68. The summed E-state index contributed by atoms with van der Waals surface area (Å²) in [5.74, 6) is 0.716. The minimum atomic E-state index is -0.533. The van der Waals surface area contributed by atoms with E-state index in [4.69, 9.17) is 26.3 Å². The van der Waals surface area contributed by atoms with Crippen LogP contribution in [0.3, 0.4) is 0 Å². The first-order valence-corrected chi connectivity index (χ1v) is 12.1. The number of ether oxygens (including phenoxy) is 1. The van der Waals surface area contributed by atoms with Crippen molar-refractivity contribution in [2.75, 3.05) is 24.6 Å². The molecule has 1 fully saturated rings. The van der Waals surface area contributed by atoms with E-state index in [9.17, 15) is 4.79 Å². The van der Waals surface area contributed by atoms with Crippen LogP contribution in [0.15, 0.2) is 59.4 Å². The molecule has 6 nitrogen and oxygen atoms in total. The molecule has 1 atom stereocenters. The van der Waals surface area contributed by atoms with Crippen LogP contribution < -0.4 is 10.5 Å². The van der Waals surface area contributed by atoms with E-state index in [0.717, 1.165) is 12.0 Å². The molecule has 35 heavy (non-hydrogen) atoms. The Labute approximate surface area is 208 Å². The topological polar surface area (TPSA) is 60.3 Å². The van der Waals surface area contributed by atoms with Crippen molar-refractivity contribution in [2.45, 2.75) is 32.9 Å². The van der Waals surface area contributed by atoms with Gasteiger partial charge < -0.3 is 9.64 Å². The van der Waals surface area contributed by atoms with Gasteiger partial charge in [-0.1, -0.05) is 48.9 Å². The lowest BCUT2D eigenvalue weighted by Gasteiger charge is -2.34. The first kappa shape index (κ1) is 23.5. The van der Waals surface area contributed by atoms with Crippen molar-refractivity contribution in [3.8, 4) is 11.3 Å². The number of fused-ring (bicyclic) bond motifs is 1.